The number of carbonyl (C=O) groups is 1. The molecule has 23 heavy (non-hydrogen) atoms. The highest BCUT2D eigenvalue weighted by molar-refractivity contribution is 9.10. The number of halogens is 4. The molecule has 0 saturated carbocycles. The third kappa shape index (κ3) is 2.65. The molecule has 1 aliphatic heterocycles. The topological polar surface area (TPSA) is 26.3 Å². The largest absolute Gasteiger partial charge is 0.444 e. The predicted molar refractivity (Wildman–Crippen MR) is 81.8 cm³/mol. The monoisotopic (exact) mass is 384 g/mol. The molecule has 0 spiro atoms. The van der Waals surface area contributed by atoms with Crippen LogP contribution in [0.2, 0.25) is 0 Å². The number of ether oxygens (including phenoxy) is 1. The lowest BCUT2D eigenvalue weighted by Gasteiger charge is -2.35. The van der Waals surface area contributed by atoms with E-state index in [1.54, 1.807) is 30.3 Å². The van der Waals surface area contributed by atoms with Crippen molar-refractivity contribution in [2.75, 3.05) is 0 Å². The molecular weight excluding hydrogens is 373 g/mol. The van der Waals surface area contributed by atoms with Crippen LogP contribution in [-0.4, -0.2) is 12.1 Å². The van der Waals surface area contributed by atoms with Gasteiger partial charge in [-0.3, -0.25) is 4.79 Å². The van der Waals surface area contributed by atoms with Crippen LogP contribution in [0, 0.1) is 0 Å². The van der Waals surface area contributed by atoms with Crippen molar-refractivity contribution in [3.8, 4) is 0 Å². The Hall–Kier alpha value is -1.82. The Kier molecular flexibility index (Phi) is 3.96. The van der Waals surface area contributed by atoms with E-state index in [0.717, 1.165) is 0 Å². The van der Waals surface area contributed by atoms with Crippen molar-refractivity contribution in [3.63, 3.8) is 0 Å². The predicted octanol–water partition coefficient (Wildman–Crippen LogP) is 4.94. The fraction of sp³-hybridized carbons (Fsp3) is 0.235. The summed E-state index contributed by atoms with van der Waals surface area (Å²) >= 11 is 3.21. The SMILES string of the molecule is O=C1C[C@@H](c2ccccc2)[C@](c2ccc(Br)cc2)(C(F)(F)F)O1. The van der Waals surface area contributed by atoms with Gasteiger partial charge in [0, 0.05) is 16.0 Å². The van der Waals surface area contributed by atoms with Crippen molar-refractivity contribution in [1.29, 1.82) is 0 Å². The lowest BCUT2D eigenvalue weighted by Crippen LogP contribution is -2.46. The van der Waals surface area contributed by atoms with Crippen LogP contribution in [0.4, 0.5) is 13.2 Å². The van der Waals surface area contributed by atoms with Gasteiger partial charge < -0.3 is 4.74 Å². The summed E-state index contributed by atoms with van der Waals surface area (Å²) in [6, 6.07) is 13.9. The van der Waals surface area contributed by atoms with E-state index in [-0.39, 0.29) is 12.0 Å². The van der Waals surface area contributed by atoms with E-state index >= 15 is 0 Å². The molecule has 120 valence electrons. The number of hydrogen-bond acceptors (Lipinski definition) is 2. The van der Waals surface area contributed by atoms with Gasteiger partial charge in [-0.25, -0.2) is 0 Å². The first-order chi connectivity index (χ1) is 10.8. The minimum absolute atomic E-state index is 0.0760. The Morgan fingerprint density at radius 1 is 1.04 bits per heavy atom. The maximum absolute atomic E-state index is 14.0. The number of carbonyl (C=O) groups excluding carboxylic acids is 1. The van der Waals surface area contributed by atoms with E-state index in [1.165, 1.54) is 24.3 Å². The van der Waals surface area contributed by atoms with Crippen molar-refractivity contribution in [1.82, 2.24) is 0 Å². The van der Waals surface area contributed by atoms with Crippen LogP contribution < -0.4 is 0 Å². The zero-order valence-electron chi connectivity index (χ0n) is 11.8. The number of benzene rings is 2. The van der Waals surface area contributed by atoms with Gasteiger partial charge in [0.05, 0.1) is 6.42 Å². The van der Waals surface area contributed by atoms with E-state index in [2.05, 4.69) is 15.9 Å². The summed E-state index contributed by atoms with van der Waals surface area (Å²) in [5.74, 6) is -1.96. The van der Waals surface area contributed by atoms with Crippen molar-refractivity contribution in [3.05, 3.63) is 70.2 Å². The maximum Gasteiger partial charge on any atom is 0.433 e. The summed E-state index contributed by atoms with van der Waals surface area (Å²) in [5.41, 5.74) is -2.31. The average molecular weight is 385 g/mol. The second kappa shape index (κ2) is 5.67. The van der Waals surface area contributed by atoms with E-state index in [0.29, 0.717) is 10.0 Å². The molecule has 1 aliphatic rings. The summed E-state index contributed by atoms with van der Waals surface area (Å²) in [4.78, 5) is 11.8. The molecule has 0 N–H and O–H groups in total. The third-order valence-corrected chi connectivity index (χ3v) is 4.56. The Morgan fingerprint density at radius 3 is 2.22 bits per heavy atom. The zero-order chi connectivity index (χ0) is 16.7. The summed E-state index contributed by atoms with van der Waals surface area (Å²) in [5, 5.41) is 0. The van der Waals surface area contributed by atoms with Gasteiger partial charge in [-0.05, 0) is 17.7 Å². The molecule has 0 unspecified atom stereocenters. The first kappa shape index (κ1) is 16.1. The van der Waals surface area contributed by atoms with E-state index in [4.69, 9.17) is 4.74 Å². The van der Waals surface area contributed by atoms with Gasteiger partial charge in [0.1, 0.15) is 0 Å². The normalized spacial score (nSPS) is 24.5. The first-order valence-corrected chi connectivity index (χ1v) is 7.73. The van der Waals surface area contributed by atoms with Gasteiger partial charge in [-0.1, -0.05) is 58.4 Å². The molecule has 3 rings (SSSR count). The summed E-state index contributed by atoms with van der Waals surface area (Å²) in [6.07, 6.45) is -5.03. The minimum Gasteiger partial charge on any atom is -0.444 e. The van der Waals surface area contributed by atoms with Crippen LogP contribution in [0.1, 0.15) is 23.5 Å². The molecular formula is C17H12BrF3O2. The van der Waals surface area contributed by atoms with Gasteiger partial charge >= 0.3 is 12.1 Å². The van der Waals surface area contributed by atoms with E-state index < -0.39 is 23.7 Å². The van der Waals surface area contributed by atoms with Crippen LogP contribution in [0.15, 0.2) is 59.1 Å². The fourth-order valence-corrected chi connectivity index (χ4v) is 3.28. The van der Waals surface area contributed by atoms with Crippen LogP contribution in [-0.2, 0) is 15.1 Å². The van der Waals surface area contributed by atoms with Crippen LogP contribution in [0.25, 0.3) is 0 Å². The lowest BCUT2D eigenvalue weighted by atomic mass is 9.77. The smallest absolute Gasteiger partial charge is 0.433 e. The Bertz CT molecular complexity index is 713. The Morgan fingerprint density at radius 2 is 1.65 bits per heavy atom. The second-order valence-electron chi connectivity index (χ2n) is 5.38. The van der Waals surface area contributed by atoms with Gasteiger partial charge in [0.15, 0.2) is 0 Å². The molecule has 1 fully saturated rings. The number of hydrogen-bond donors (Lipinski definition) is 0. The number of alkyl halides is 3. The molecule has 2 nitrogen and oxygen atoms in total. The van der Waals surface area contributed by atoms with Crippen molar-refractivity contribution < 1.29 is 22.7 Å². The van der Waals surface area contributed by atoms with Gasteiger partial charge in [0.25, 0.3) is 0 Å². The Labute approximate surface area is 139 Å². The van der Waals surface area contributed by atoms with E-state index in [1.807, 2.05) is 0 Å². The molecule has 0 aliphatic carbocycles. The average Bonchev–Trinajstić information content (AvgIpc) is 2.87. The molecule has 0 amide bonds. The molecule has 0 radical (unpaired) electrons. The number of cyclic esters (lactones) is 1. The molecule has 2 atom stereocenters. The zero-order valence-corrected chi connectivity index (χ0v) is 13.4. The third-order valence-electron chi connectivity index (χ3n) is 4.03. The molecule has 0 bridgehead atoms. The maximum atomic E-state index is 14.0. The molecule has 6 heteroatoms. The minimum atomic E-state index is -4.73. The fourth-order valence-electron chi connectivity index (χ4n) is 3.02. The molecule has 1 heterocycles. The molecule has 2 aromatic rings. The van der Waals surface area contributed by atoms with Crippen molar-refractivity contribution in [2.24, 2.45) is 0 Å². The highest BCUT2D eigenvalue weighted by atomic mass is 79.9. The summed E-state index contributed by atoms with van der Waals surface area (Å²) in [7, 11) is 0. The van der Waals surface area contributed by atoms with Gasteiger partial charge in [0.2, 0.25) is 5.60 Å². The second-order valence-corrected chi connectivity index (χ2v) is 6.30. The highest BCUT2D eigenvalue weighted by Crippen LogP contribution is 2.56. The van der Waals surface area contributed by atoms with Crippen LogP contribution in [0.5, 0.6) is 0 Å². The lowest BCUT2D eigenvalue weighted by molar-refractivity contribution is -0.269. The van der Waals surface area contributed by atoms with Gasteiger partial charge in [-0.2, -0.15) is 13.2 Å². The molecule has 1 saturated heterocycles. The summed E-state index contributed by atoms with van der Waals surface area (Å²) in [6.45, 7) is 0. The van der Waals surface area contributed by atoms with Crippen molar-refractivity contribution in [2.45, 2.75) is 24.1 Å². The Balaban J connectivity index is 2.21. The molecule has 2 aromatic carbocycles. The molecule has 0 aromatic heterocycles. The van der Waals surface area contributed by atoms with E-state index in [9.17, 15) is 18.0 Å². The number of rotatable bonds is 2. The van der Waals surface area contributed by atoms with Gasteiger partial charge in [-0.15, -0.1) is 0 Å². The van der Waals surface area contributed by atoms with Crippen LogP contribution in [0.3, 0.4) is 0 Å². The summed E-state index contributed by atoms with van der Waals surface area (Å²) < 4.78 is 47.6. The first-order valence-electron chi connectivity index (χ1n) is 6.94. The number of esters is 1. The van der Waals surface area contributed by atoms with Crippen molar-refractivity contribution >= 4 is 21.9 Å². The standard InChI is InChI=1S/C17H12BrF3O2/c18-13-8-6-12(7-9-13)16(17(19,20)21)14(10-15(22)23-16)11-4-2-1-3-5-11/h1-9,14H,10H2/t14-,16+/m0/s1. The highest BCUT2D eigenvalue weighted by Gasteiger charge is 2.67. The van der Waals surface area contributed by atoms with Crippen LogP contribution >= 0.6 is 15.9 Å². The quantitative estimate of drug-likeness (QED) is 0.685.